The second kappa shape index (κ2) is 5.70. The third-order valence-electron chi connectivity index (χ3n) is 3.12. The molecule has 3 rings (SSSR count). The normalized spacial score (nSPS) is 16.3. The summed E-state index contributed by atoms with van der Waals surface area (Å²) in [6.45, 7) is 0.615. The Labute approximate surface area is 120 Å². The first-order valence-corrected chi connectivity index (χ1v) is 6.58. The number of ether oxygens (including phenoxy) is 2. The lowest BCUT2D eigenvalue weighted by molar-refractivity contribution is 0.0788. The number of carbonyl (C=O) groups excluding carboxylic acids is 1. The van der Waals surface area contributed by atoms with Gasteiger partial charge < -0.3 is 19.8 Å². The molecular formula is C15H14N2O4. The number of carbonyl (C=O) groups is 1. The molecule has 1 aliphatic heterocycles. The zero-order valence-corrected chi connectivity index (χ0v) is 11.2. The predicted molar refractivity (Wildman–Crippen MR) is 75.7 cm³/mol. The lowest BCUT2D eigenvalue weighted by Crippen LogP contribution is -2.41. The van der Waals surface area contributed by atoms with Crippen molar-refractivity contribution in [3.05, 3.63) is 58.5 Å². The highest BCUT2D eigenvalue weighted by Gasteiger charge is 2.21. The van der Waals surface area contributed by atoms with Crippen LogP contribution in [0.15, 0.2) is 47.4 Å². The van der Waals surface area contributed by atoms with Gasteiger partial charge in [0, 0.05) is 6.20 Å². The number of nitrogens with one attached hydrogen (secondary N) is 2. The fraction of sp³-hybridized carbons (Fsp3) is 0.200. The molecule has 0 radical (unpaired) electrons. The van der Waals surface area contributed by atoms with E-state index in [-0.39, 0.29) is 18.2 Å². The van der Waals surface area contributed by atoms with Crippen LogP contribution in [-0.2, 0) is 0 Å². The fourth-order valence-corrected chi connectivity index (χ4v) is 2.07. The van der Waals surface area contributed by atoms with Gasteiger partial charge >= 0.3 is 0 Å². The van der Waals surface area contributed by atoms with Gasteiger partial charge in [0.25, 0.3) is 11.5 Å². The Hall–Kier alpha value is -2.76. The molecular weight excluding hydrogens is 272 g/mol. The highest BCUT2D eigenvalue weighted by molar-refractivity contribution is 5.93. The van der Waals surface area contributed by atoms with E-state index in [0.717, 1.165) is 0 Å². The second-order valence-corrected chi connectivity index (χ2v) is 4.62. The van der Waals surface area contributed by atoms with Crippen LogP contribution < -0.4 is 20.3 Å². The molecule has 0 fully saturated rings. The van der Waals surface area contributed by atoms with Crippen molar-refractivity contribution >= 4 is 5.91 Å². The number of fused-ring (bicyclic) bond motifs is 1. The molecule has 108 valence electrons. The molecule has 1 aromatic heterocycles. The first-order valence-electron chi connectivity index (χ1n) is 6.58. The van der Waals surface area contributed by atoms with Crippen molar-refractivity contribution < 1.29 is 14.3 Å². The largest absolute Gasteiger partial charge is 0.486 e. The molecule has 2 N–H and O–H groups in total. The quantitative estimate of drug-likeness (QED) is 0.880. The van der Waals surface area contributed by atoms with Crippen LogP contribution in [0.3, 0.4) is 0 Å². The number of aromatic amines is 1. The highest BCUT2D eigenvalue weighted by atomic mass is 16.6. The zero-order chi connectivity index (χ0) is 14.7. The summed E-state index contributed by atoms with van der Waals surface area (Å²) in [7, 11) is 0. The van der Waals surface area contributed by atoms with Crippen LogP contribution in [0.4, 0.5) is 0 Å². The van der Waals surface area contributed by atoms with Crippen LogP contribution in [0.2, 0.25) is 0 Å². The molecule has 2 aromatic rings. The van der Waals surface area contributed by atoms with E-state index in [0.29, 0.717) is 18.1 Å². The minimum absolute atomic E-state index is 0.0784. The smallest absolute Gasteiger partial charge is 0.260 e. The molecule has 6 nitrogen and oxygen atoms in total. The first kappa shape index (κ1) is 13.2. The van der Waals surface area contributed by atoms with Crippen molar-refractivity contribution in [3.8, 4) is 11.5 Å². The number of aromatic nitrogens is 1. The van der Waals surface area contributed by atoms with Crippen LogP contribution in [-0.4, -0.2) is 30.1 Å². The van der Waals surface area contributed by atoms with Gasteiger partial charge in [-0.05, 0) is 24.3 Å². The van der Waals surface area contributed by atoms with Gasteiger partial charge in [-0.3, -0.25) is 9.59 Å². The summed E-state index contributed by atoms with van der Waals surface area (Å²) >= 11 is 0. The van der Waals surface area contributed by atoms with Gasteiger partial charge in [0.1, 0.15) is 18.3 Å². The number of pyridine rings is 1. The Kier molecular flexibility index (Phi) is 3.59. The van der Waals surface area contributed by atoms with E-state index >= 15 is 0 Å². The Balaban J connectivity index is 1.61. The minimum Gasteiger partial charge on any atom is -0.486 e. The molecule has 0 unspecified atom stereocenters. The van der Waals surface area contributed by atoms with Crippen LogP contribution in [0.1, 0.15) is 10.4 Å². The molecule has 1 aliphatic rings. The van der Waals surface area contributed by atoms with Crippen molar-refractivity contribution in [2.45, 2.75) is 6.10 Å². The van der Waals surface area contributed by atoms with Crippen LogP contribution in [0.25, 0.3) is 0 Å². The Bertz CT molecular complexity index is 711. The molecule has 0 aliphatic carbocycles. The summed E-state index contributed by atoms with van der Waals surface area (Å²) in [6.07, 6.45) is 1.19. The summed E-state index contributed by atoms with van der Waals surface area (Å²) in [5.74, 6) is 0.916. The molecule has 1 atom stereocenters. The number of hydrogen-bond acceptors (Lipinski definition) is 4. The molecule has 6 heteroatoms. The third kappa shape index (κ3) is 2.89. The minimum atomic E-state index is -0.431. The van der Waals surface area contributed by atoms with Gasteiger partial charge in [-0.25, -0.2) is 0 Å². The lowest BCUT2D eigenvalue weighted by atomic mass is 10.2. The topological polar surface area (TPSA) is 80.4 Å². The van der Waals surface area contributed by atoms with E-state index in [1.54, 1.807) is 6.07 Å². The Morgan fingerprint density at radius 1 is 1.24 bits per heavy atom. The molecule has 0 spiro atoms. The summed E-state index contributed by atoms with van der Waals surface area (Å²) in [5, 5.41) is 2.68. The molecule has 1 amide bonds. The maximum absolute atomic E-state index is 11.9. The van der Waals surface area contributed by atoms with Crippen LogP contribution in [0, 0.1) is 0 Å². The number of hydrogen-bond donors (Lipinski definition) is 2. The summed E-state index contributed by atoms with van der Waals surface area (Å²) in [4.78, 5) is 25.9. The molecule has 1 aromatic carbocycles. The van der Waals surface area contributed by atoms with Crippen molar-refractivity contribution in [2.24, 2.45) is 0 Å². The summed E-state index contributed by atoms with van der Waals surface area (Å²) in [6, 6.07) is 10.4. The van der Waals surface area contributed by atoms with Gasteiger partial charge in [0.15, 0.2) is 11.5 Å². The standard InChI is InChI=1S/C15H14N2O4/c18-14-11(4-3-7-16-14)15(19)17-8-10-9-20-12-5-1-2-6-13(12)21-10/h1-7,10H,8-9H2,(H,16,18)(H,17,19)/t10-/m0/s1. The maximum atomic E-state index is 11.9. The SMILES string of the molecule is O=C(NC[C@H]1COc2ccccc2O1)c1ccc[nH]c1=O. The fourth-order valence-electron chi connectivity index (χ4n) is 2.07. The lowest BCUT2D eigenvalue weighted by Gasteiger charge is -2.26. The van der Waals surface area contributed by atoms with E-state index in [1.807, 2.05) is 24.3 Å². The molecule has 0 saturated heterocycles. The van der Waals surface area contributed by atoms with E-state index in [1.165, 1.54) is 12.3 Å². The van der Waals surface area contributed by atoms with Gasteiger partial charge in [0.05, 0.1) is 6.54 Å². The number of H-pyrrole nitrogens is 1. The van der Waals surface area contributed by atoms with Gasteiger partial charge in [-0.1, -0.05) is 12.1 Å². The van der Waals surface area contributed by atoms with Gasteiger partial charge in [-0.2, -0.15) is 0 Å². The zero-order valence-electron chi connectivity index (χ0n) is 11.2. The Morgan fingerprint density at radius 2 is 2.05 bits per heavy atom. The molecule has 0 saturated carbocycles. The monoisotopic (exact) mass is 286 g/mol. The second-order valence-electron chi connectivity index (χ2n) is 4.62. The van der Waals surface area contributed by atoms with E-state index < -0.39 is 11.5 Å². The highest BCUT2D eigenvalue weighted by Crippen LogP contribution is 2.30. The van der Waals surface area contributed by atoms with Crippen LogP contribution in [0.5, 0.6) is 11.5 Å². The molecule has 0 bridgehead atoms. The molecule has 21 heavy (non-hydrogen) atoms. The maximum Gasteiger partial charge on any atom is 0.260 e. The van der Waals surface area contributed by atoms with Crippen molar-refractivity contribution in [3.63, 3.8) is 0 Å². The van der Waals surface area contributed by atoms with E-state index in [9.17, 15) is 9.59 Å². The number of benzene rings is 1. The number of amides is 1. The molecule has 2 heterocycles. The average molecular weight is 286 g/mol. The van der Waals surface area contributed by atoms with Crippen molar-refractivity contribution in [2.75, 3.05) is 13.2 Å². The number of para-hydroxylation sites is 2. The summed E-state index contributed by atoms with van der Waals surface area (Å²) in [5.41, 5.74) is -0.337. The summed E-state index contributed by atoms with van der Waals surface area (Å²) < 4.78 is 11.3. The van der Waals surface area contributed by atoms with Crippen molar-refractivity contribution in [1.82, 2.24) is 10.3 Å². The first-order chi connectivity index (χ1) is 10.2. The third-order valence-corrected chi connectivity index (χ3v) is 3.12. The Morgan fingerprint density at radius 3 is 2.86 bits per heavy atom. The van der Waals surface area contributed by atoms with E-state index in [2.05, 4.69) is 10.3 Å². The average Bonchev–Trinajstić information content (AvgIpc) is 2.53. The van der Waals surface area contributed by atoms with E-state index in [4.69, 9.17) is 9.47 Å². The van der Waals surface area contributed by atoms with Gasteiger partial charge in [0.2, 0.25) is 0 Å². The number of rotatable bonds is 3. The van der Waals surface area contributed by atoms with Gasteiger partial charge in [-0.15, -0.1) is 0 Å². The predicted octanol–water partition coefficient (Wildman–Crippen LogP) is 0.945. The van der Waals surface area contributed by atoms with Crippen LogP contribution >= 0.6 is 0 Å². The van der Waals surface area contributed by atoms with Crippen molar-refractivity contribution in [1.29, 1.82) is 0 Å².